The van der Waals surface area contributed by atoms with E-state index in [9.17, 15) is 4.79 Å². The van der Waals surface area contributed by atoms with Gasteiger partial charge in [0.1, 0.15) is 0 Å². The fraction of sp³-hybridized carbons (Fsp3) is 0.562. The predicted octanol–water partition coefficient (Wildman–Crippen LogP) is 2.69. The van der Waals surface area contributed by atoms with Gasteiger partial charge in [0, 0.05) is 19.1 Å². The molecule has 2 aliphatic rings. The number of amides is 1. The van der Waals surface area contributed by atoms with Crippen molar-refractivity contribution >= 4 is 35.6 Å². The molecule has 2 heterocycles. The number of hydrogen-bond acceptors (Lipinski definition) is 3. The first kappa shape index (κ1) is 17.5. The minimum Gasteiger partial charge on any atom is -0.324 e. The summed E-state index contributed by atoms with van der Waals surface area (Å²) in [6.45, 7) is 5.56. The average Bonchev–Trinajstić information content (AvgIpc) is 2.89. The zero-order valence-corrected chi connectivity index (χ0v) is 14.3. The number of rotatable bonds is 3. The Morgan fingerprint density at radius 1 is 1.45 bits per heavy atom. The Kier molecular flexibility index (Phi) is 6.09. The number of likely N-dealkylation sites (tertiary alicyclic amines) is 1. The molecule has 3 rings (SSSR count). The lowest BCUT2D eigenvalue weighted by Gasteiger charge is -2.34. The molecule has 2 saturated heterocycles. The Hall–Kier alpha value is -0.810. The van der Waals surface area contributed by atoms with Gasteiger partial charge in [-0.3, -0.25) is 9.69 Å². The summed E-state index contributed by atoms with van der Waals surface area (Å²) in [7, 11) is 0. The van der Waals surface area contributed by atoms with E-state index in [0.29, 0.717) is 29.2 Å². The standard InChI is InChI=1S/C16H22ClN3O.ClH/c1-11-2-3-15(13(17)8-11)19-16(21)10-20-7-5-14-12(9-20)4-6-18-14;/h2-3,8,12,14,18H,4-7,9-10H2,1H3,(H,19,21);1H. The van der Waals surface area contributed by atoms with Gasteiger partial charge in [0.15, 0.2) is 0 Å². The molecule has 2 N–H and O–H groups in total. The van der Waals surface area contributed by atoms with Crippen LogP contribution in [0.5, 0.6) is 0 Å². The van der Waals surface area contributed by atoms with Gasteiger partial charge in [-0.2, -0.15) is 0 Å². The van der Waals surface area contributed by atoms with E-state index in [0.717, 1.165) is 31.6 Å². The minimum absolute atomic E-state index is 0. The van der Waals surface area contributed by atoms with Gasteiger partial charge >= 0.3 is 0 Å². The van der Waals surface area contributed by atoms with Crippen LogP contribution in [-0.2, 0) is 4.79 Å². The van der Waals surface area contributed by atoms with E-state index >= 15 is 0 Å². The van der Waals surface area contributed by atoms with Crippen LogP contribution in [0.25, 0.3) is 0 Å². The summed E-state index contributed by atoms with van der Waals surface area (Å²) < 4.78 is 0. The van der Waals surface area contributed by atoms with Gasteiger partial charge in [0.2, 0.25) is 5.91 Å². The zero-order valence-electron chi connectivity index (χ0n) is 12.8. The van der Waals surface area contributed by atoms with Crippen molar-refractivity contribution in [3.63, 3.8) is 0 Å². The lowest BCUT2D eigenvalue weighted by molar-refractivity contribution is -0.117. The summed E-state index contributed by atoms with van der Waals surface area (Å²) in [4.78, 5) is 14.4. The van der Waals surface area contributed by atoms with Crippen LogP contribution < -0.4 is 10.6 Å². The fourth-order valence-corrected chi connectivity index (χ4v) is 3.66. The van der Waals surface area contributed by atoms with Crippen molar-refractivity contribution < 1.29 is 4.79 Å². The third-order valence-electron chi connectivity index (χ3n) is 4.51. The number of anilines is 1. The number of fused-ring (bicyclic) bond motifs is 1. The van der Waals surface area contributed by atoms with Gasteiger partial charge in [-0.15, -0.1) is 12.4 Å². The van der Waals surface area contributed by atoms with Crippen LogP contribution in [-0.4, -0.2) is 43.0 Å². The van der Waals surface area contributed by atoms with E-state index in [2.05, 4.69) is 15.5 Å². The van der Waals surface area contributed by atoms with Crippen LogP contribution in [0, 0.1) is 12.8 Å². The zero-order chi connectivity index (χ0) is 14.8. The molecular formula is C16H23Cl2N3O. The number of carbonyl (C=O) groups is 1. The molecule has 6 heteroatoms. The van der Waals surface area contributed by atoms with Gasteiger partial charge in [0.05, 0.1) is 17.3 Å². The Morgan fingerprint density at radius 2 is 2.27 bits per heavy atom. The molecule has 2 aliphatic heterocycles. The van der Waals surface area contributed by atoms with Crippen LogP contribution >= 0.6 is 24.0 Å². The summed E-state index contributed by atoms with van der Waals surface area (Å²) in [5.41, 5.74) is 1.79. The number of hydrogen-bond donors (Lipinski definition) is 2. The topological polar surface area (TPSA) is 44.4 Å². The number of nitrogens with one attached hydrogen (secondary N) is 2. The normalized spacial score (nSPS) is 24.5. The largest absolute Gasteiger partial charge is 0.324 e. The minimum atomic E-state index is 0. The quantitative estimate of drug-likeness (QED) is 0.886. The van der Waals surface area contributed by atoms with Crippen molar-refractivity contribution in [2.45, 2.75) is 25.8 Å². The van der Waals surface area contributed by atoms with Crippen molar-refractivity contribution in [2.75, 3.05) is 31.5 Å². The number of nitrogens with zero attached hydrogens (tertiary/aromatic N) is 1. The van der Waals surface area contributed by atoms with Gasteiger partial charge in [-0.25, -0.2) is 0 Å². The molecule has 0 spiro atoms. The first-order chi connectivity index (χ1) is 10.1. The summed E-state index contributed by atoms with van der Waals surface area (Å²) in [5, 5.41) is 7.06. The van der Waals surface area contributed by atoms with E-state index < -0.39 is 0 Å². The molecule has 2 fully saturated rings. The van der Waals surface area contributed by atoms with E-state index in [-0.39, 0.29) is 18.3 Å². The summed E-state index contributed by atoms with van der Waals surface area (Å²) in [5.74, 6) is 0.722. The van der Waals surface area contributed by atoms with E-state index in [4.69, 9.17) is 11.6 Å². The van der Waals surface area contributed by atoms with Crippen molar-refractivity contribution in [3.05, 3.63) is 28.8 Å². The van der Waals surface area contributed by atoms with E-state index in [1.54, 1.807) is 0 Å². The molecule has 2 atom stereocenters. The van der Waals surface area contributed by atoms with Crippen molar-refractivity contribution in [3.8, 4) is 0 Å². The third kappa shape index (κ3) is 4.13. The van der Waals surface area contributed by atoms with Crippen LogP contribution in [0.1, 0.15) is 18.4 Å². The predicted molar refractivity (Wildman–Crippen MR) is 93.0 cm³/mol. The van der Waals surface area contributed by atoms with Crippen LogP contribution in [0.15, 0.2) is 18.2 Å². The Bertz CT molecular complexity index is 538. The van der Waals surface area contributed by atoms with Gasteiger partial charge in [-0.05, 0) is 49.9 Å². The smallest absolute Gasteiger partial charge is 0.238 e. The number of benzene rings is 1. The van der Waals surface area contributed by atoms with Gasteiger partial charge in [-0.1, -0.05) is 17.7 Å². The van der Waals surface area contributed by atoms with Crippen LogP contribution in [0.3, 0.4) is 0 Å². The van der Waals surface area contributed by atoms with E-state index in [1.807, 2.05) is 25.1 Å². The average molecular weight is 344 g/mol. The van der Waals surface area contributed by atoms with Crippen LogP contribution in [0.2, 0.25) is 5.02 Å². The van der Waals surface area contributed by atoms with Crippen molar-refractivity contribution in [2.24, 2.45) is 5.92 Å². The maximum atomic E-state index is 12.2. The van der Waals surface area contributed by atoms with Crippen molar-refractivity contribution in [1.29, 1.82) is 0 Å². The Balaban J connectivity index is 0.00000176. The fourth-order valence-electron chi connectivity index (χ4n) is 3.38. The molecule has 122 valence electrons. The first-order valence-corrected chi connectivity index (χ1v) is 8.01. The molecule has 1 aromatic carbocycles. The molecular weight excluding hydrogens is 321 g/mol. The highest BCUT2D eigenvalue weighted by molar-refractivity contribution is 6.33. The SMILES string of the molecule is Cc1ccc(NC(=O)CN2CCC3NCCC3C2)c(Cl)c1.Cl. The molecule has 0 saturated carbocycles. The molecule has 4 nitrogen and oxygen atoms in total. The second-order valence-electron chi connectivity index (χ2n) is 6.16. The summed E-state index contributed by atoms with van der Waals surface area (Å²) in [6, 6.07) is 6.35. The molecule has 0 bridgehead atoms. The number of aryl methyl sites for hydroxylation is 1. The molecule has 0 radical (unpaired) electrons. The molecule has 1 amide bonds. The van der Waals surface area contributed by atoms with Gasteiger partial charge < -0.3 is 10.6 Å². The molecule has 2 unspecified atom stereocenters. The molecule has 0 aromatic heterocycles. The molecule has 1 aromatic rings. The van der Waals surface area contributed by atoms with Gasteiger partial charge in [0.25, 0.3) is 0 Å². The highest BCUT2D eigenvalue weighted by atomic mass is 35.5. The number of halogens is 2. The second kappa shape index (κ2) is 7.64. The summed E-state index contributed by atoms with van der Waals surface area (Å²) in [6.07, 6.45) is 2.37. The highest BCUT2D eigenvalue weighted by Gasteiger charge is 2.32. The number of piperidine rings is 1. The first-order valence-electron chi connectivity index (χ1n) is 7.63. The summed E-state index contributed by atoms with van der Waals surface area (Å²) >= 11 is 6.15. The van der Waals surface area contributed by atoms with Crippen LogP contribution in [0.4, 0.5) is 5.69 Å². The lowest BCUT2D eigenvalue weighted by Crippen LogP contribution is -2.46. The maximum Gasteiger partial charge on any atom is 0.238 e. The maximum absolute atomic E-state index is 12.2. The Labute approximate surface area is 143 Å². The van der Waals surface area contributed by atoms with E-state index in [1.165, 1.54) is 6.42 Å². The van der Waals surface area contributed by atoms with Crippen molar-refractivity contribution in [1.82, 2.24) is 10.2 Å². The molecule has 0 aliphatic carbocycles. The Morgan fingerprint density at radius 3 is 3.05 bits per heavy atom. The monoisotopic (exact) mass is 343 g/mol. The molecule has 22 heavy (non-hydrogen) atoms. The highest BCUT2D eigenvalue weighted by Crippen LogP contribution is 2.25. The third-order valence-corrected chi connectivity index (χ3v) is 4.82. The number of carbonyl (C=O) groups excluding carboxylic acids is 1. The second-order valence-corrected chi connectivity index (χ2v) is 6.57. The lowest BCUT2D eigenvalue weighted by atomic mass is 9.93.